The first-order chi connectivity index (χ1) is 4.88. The summed E-state index contributed by atoms with van der Waals surface area (Å²) in [5.74, 6) is 0. The van der Waals surface area contributed by atoms with E-state index in [0.29, 0.717) is 0 Å². The maximum atomic E-state index is 3.93. The molecule has 0 aliphatic carbocycles. The van der Waals surface area contributed by atoms with Gasteiger partial charge in [-0.2, -0.15) is 0 Å². The highest BCUT2D eigenvalue weighted by Crippen LogP contribution is 2.23. The Morgan fingerprint density at radius 3 is 2.80 bits per heavy atom. The van der Waals surface area contributed by atoms with Crippen LogP contribution in [0.4, 0.5) is 0 Å². The van der Waals surface area contributed by atoms with Gasteiger partial charge in [0.15, 0.2) is 0 Å². The Morgan fingerprint density at radius 2 is 2.00 bits per heavy atom. The van der Waals surface area contributed by atoms with Gasteiger partial charge in [-0.25, -0.2) is 0 Å². The summed E-state index contributed by atoms with van der Waals surface area (Å²) in [5, 5.41) is 4.72. The maximum Gasteiger partial charge on any atom is 0.0127 e. The predicted octanol–water partition coefficient (Wildman–Crippen LogP) is 3.08. The third-order valence-corrected chi connectivity index (χ3v) is 2.47. The zero-order valence-electron chi connectivity index (χ0n) is 5.50. The van der Waals surface area contributed by atoms with E-state index in [2.05, 4.69) is 30.5 Å². The van der Waals surface area contributed by atoms with Crippen molar-refractivity contribution in [2.24, 2.45) is 0 Å². The minimum Gasteiger partial charge on any atom is -0.148 e. The second-order valence-electron chi connectivity index (χ2n) is 2.25. The molecule has 0 saturated carbocycles. The van der Waals surface area contributed by atoms with Gasteiger partial charge < -0.3 is 0 Å². The minimum atomic E-state index is 1.16. The van der Waals surface area contributed by atoms with Crippen LogP contribution in [-0.4, -0.2) is 0 Å². The quantitative estimate of drug-likeness (QED) is 0.537. The topological polar surface area (TPSA) is 0 Å². The van der Waals surface area contributed by atoms with E-state index in [1.54, 1.807) is 11.3 Å². The van der Waals surface area contributed by atoms with Crippen molar-refractivity contribution in [3.63, 3.8) is 0 Å². The summed E-state index contributed by atoms with van der Waals surface area (Å²) in [6.07, 6.45) is 0. The molecule has 0 fully saturated rings. The fraction of sp³-hybridized carbons (Fsp3) is 0. The molecule has 1 heteroatoms. The monoisotopic (exact) mass is 147 g/mol. The first kappa shape index (κ1) is 5.93. The zero-order valence-corrected chi connectivity index (χ0v) is 6.32. The Morgan fingerprint density at radius 1 is 1.20 bits per heavy atom. The molecule has 0 bridgehead atoms. The van der Waals surface area contributed by atoms with E-state index in [4.69, 9.17) is 0 Å². The first-order valence-electron chi connectivity index (χ1n) is 3.16. The fourth-order valence-electron chi connectivity index (χ4n) is 1.05. The minimum absolute atomic E-state index is 1.16. The number of fused-ring (bicyclic) bond motifs is 1. The maximum absolute atomic E-state index is 3.93. The van der Waals surface area contributed by atoms with Crippen molar-refractivity contribution in [1.29, 1.82) is 0 Å². The third-order valence-electron chi connectivity index (χ3n) is 1.59. The highest BCUT2D eigenvalue weighted by atomic mass is 32.1. The summed E-state index contributed by atoms with van der Waals surface area (Å²) < 4.78 is 0. The van der Waals surface area contributed by atoms with Crippen molar-refractivity contribution in [2.75, 3.05) is 0 Å². The van der Waals surface area contributed by atoms with Crippen molar-refractivity contribution in [3.05, 3.63) is 41.4 Å². The molecule has 0 atom stereocenters. The van der Waals surface area contributed by atoms with Crippen LogP contribution >= 0.6 is 11.3 Å². The van der Waals surface area contributed by atoms with Gasteiger partial charge in [0.05, 0.1) is 0 Å². The van der Waals surface area contributed by atoms with Gasteiger partial charge >= 0.3 is 0 Å². The third kappa shape index (κ3) is 0.745. The van der Waals surface area contributed by atoms with Gasteiger partial charge in [-0.3, -0.25) is 0 Å². The average molecular weight is 147 g/mol. The van der Waals surface area contributed by atoms with Crippen LogP contribution in [0, 0.1) is 6.92 Å². The molecule has 2 aromatic rings. The first-order valence-corrected chi connectivity index (χ1v) is 4.04. The zero-order chi connectivity index (χ0) is 6.97. The molecule has 0 N–H and O–H groups in total. The highest BCUT2D eigenvalue weighted by Gasteiger charge is 1.95. The summed E-state index contributed by atoms with van der Waals surface area (Å²) in [6, 6.07) is 8.31. The van der Waals surface area contributed by atoms with Gasteiger partial charge in [-0.1, -0.05) is 24.3 Å². The Labute approximate surface area is 64.1 Å². The Kier molecular flexibility index (Phi) is 1.24. The molecular formula is C9H7S. The lowest BCUT2D eigenvalue weighted by Crippen LogP contribution is -1.63. The standard InChI is InChI=1S/C9H7S/c1-7-9-5-3-2-4-8(9)6-10-7/h2-6H,1H2. The van der Waals surface area contributed by atoms with Gasteiger partial charge in [0.1, 0.15) is 0 Å². The van der Waals surface area contributed by atoms with Gasteiger partial charge in [-0.15, -0.1) is 11.3 Å². The number of hydrogen-bond donors (Lipinski definition) is 0. The molecule has 1 heterocycles. The van der Waals surface area contributed by atoms with Crippen LogP contribution in [0.5, 0.6) is 0 Å². The van der Waals surface area contributed by atoms with Crippen molar-refractivity contribution in [3.8, 4) is 0 Å². The predicted molar refractivity (Wildman–Crippen MR) is 46.3 cm³/mol. The van der Waals surface area contributed by atoms with Crippen LogP contribution < -0.4 is 0 Å². The second-order valence-corrected chi connectivity index (χ2v) is 3.21. The Balaban J connectivity index is 2.93. The molecule has 0 amide bonds. The molecule has 0 unspecified atom stereocenters. The lowest BCUT2D eigenvalue weighted by Gasteiger charge is -1.86. The Hall–Kier alpha value is -0.820. The van der Waals surface area contributed by atoms with E-state index in [-0.39, 0.29) is 0 Å². The normalized spacial score (nSPS) is 10.5. The Bertz CT molecular complexity index is 346. The fourth-order valence-corrected chi connectivity index (χ4v) is 1.84. The van der Waals surface area contributed by atoms with Gasteiger partial charge in [0.2, 0.25) is 0 Å². The molecule has 1 radical (unpaired) electrons. The van der Waals surface area contributed by atoms with Crippen LogP contribution in [0.1, 0.15) is 4.88 Å². The molecule has 0 aliphatic rings. The average Bonchev–Trinajstić information content (AvgIpc) is 2.34. The number of thiophene rings is 1. The van der Waals surface area contributed by atoms with E-state index >= 15 is 0 Å². The van der Waals surface area contributed by atoms with Gasteiger partial charge in [0, 0.05) is 4.88 Å². The molecule has 10 heavy (non-hydrogen) atoms. The van der Waals surface area contributed by atoms with E-state index < -0.39 is 0 Å². The lowest BCUT2D eigenvalue weighted by atomic mass is 10.2. The van der Waals surface area contributed by atoms with Gasteiger partial charge in [-0.05, 0) is 23.1 Å². The molecule has 2 rings (SSSR count). The highest BCUT2D eigenvalue weighted by molar-refractivity contribution is 7.11. The van der Waals surface area contributed by atoms with Crippen LogP contribution in [0.25, 0.3) is 10.8 Å². The van der Waals surface area contributed by atoms with Crippen LogP contribution in [0.15, 0.2) is 29.6 Å². The van der Waals surface area contributed by atoms with Crippen molar-refractivity contribution >= 4 is 22.1 Å². The van der Waals surface area contributed by atoms with Crippen LogP contribution in [0.3, 0.4) is 0 Å². The van der Waals surface area contributed by atoms with E-state index in [1.807, 2.05) is 6.07 Å². The summed E-state index contributed by atoms with van der Waals surface area (Å²) in [7, 11) is 0. The molecule has 1 aromatic heterocycles. The lowest BCUT2D eigenvalue weighted by molar-refractivity contribution is 1.82. The number of hydrogen-bond acceptors (Lipinski definition) is 1. The molecule has 49 valence electrons. The molecule has 0 spiro atoms. The van der Waals surface area contributed by atoms with Crippen LogP contribution in [0.2, 0.25) is 0 Å². The molecule has 1 aromatic carbocycles. The van der Waals surface area contributed by atoms with Crippen molar-refractivity contribution in [2.45, 2.75) is 0 Å². The smallest absolute Gasteiger partial charge is 0.0127 e. The number of benzene rings is 1. The second kappa shape index (κ2) is 2.10. The summed E-state index contributed by atoms with van der Waals surface area (Å²) in [5.41, 5.74) is 0. The summed E-state index contributed by atoms with van der Waals surface area (Å²) >= 11 is 1.71. The largest absolute Gasteiger partial charge is 0.148 e. The summed E-state index contributed by atoms with van der Waals surface area (Å²) in [4.78, 5) is 1.16. The molecular weight excluding hydrogens is 140 g/mol. The SMILES string of the molecule is [CH2]c1scc2ccccc12. The molecule has 0 nitrogen and oxygen atoms in total. The van der Waals surface area contributed by atoms with E-state index in [0.717, 1.165) is 4.88 Å². The number of rotatable bonds is 0. The van der Waals surface area contributed by atoms with Crippen molar-refractivity contribution < 1.29 is 0 Å². The van der Waals surface area contributed by atoms with Gasteiger partial charge in [0.25, 0.3) is 0 Å². The van der Waals surface area contributed by atoms with E-state index in [9.17, 15) is 0 Å². The molecule has 0 aliphatic heterocycles. The van der Waals surface area contributed by atoms with Crippen LogP contribution in [-0.2, 0) is 0 Å². The van der Waals surface area contributed by atoms with E-state index in [1.165, 1.54) is 10.8 Å². The van der Waals surface area contributed by atoms with Crippen molar-refractivity contribution in [1.82, 2.24) is 0 Å². The molecule has 0 saturated heterocycles. The summed E-state index contributed by atoms with van der Waals surface area (Å²) in [6.45, 7) is 3.93.